The summed E-state index contributed by atoms with van der Waals surface area (Å²) in [5.74, 6) is -0.379. The molecule has 2 heterocycles. The summed E-state index contributed by atoms with van der Waals surface area (Å²) in [5, 5.41) is 3.47. The monoisotopic (exact) mass is 486 g/mol. The van der Waals surface area contributed by atoms with Gasteiger partial charge in [-0.3, -0.25) is 14.5 Å². The summed E-state index contributed by atoms with van der Waals surface area (Å²) in [4.78, 5) is 34.2. The Labute approximate surface area is 206 Å². The molecule has 0 radical (unpaired) electrons. The molecule has 1 saturated heterocycles. The Hall–Kier alpha value is -2.42. The van der Waals surface area contributed by atoms with E-state index in [1.807, 2.05) is 35.8 Å². The Balaban J connectivity index is 1.42. The highest BCUT2D eigenvalue weighted by Gasteiger charge is 2.40. The van der Waals surface area contributed by atoms with Crippen molar-refractivity contribution in [3.63, 3.8) is 0 Å². The van der Waals surface area contributed by atoms with Crippen LogP contribution in [0.25, 0.3) is 0 Å². The van der Waals surface area contributed by atoms with E-state index in [1.165, 1.54) is 32.1 Å². The summed E-state index contributed by atoms with van der Waals surface area (Å²) in [7, 11) is 0. The summed E-state index contributed by atoms with van der Waals surface area (Å²) < 4.78 is 2.19. The van der Waals surface area contributed by atoms with Crippen molar-refractivity contribution in [2.75, 3.05) is 32.7 Å². The molecule has 0 bridgehead atoms. The number of imidazole rings is 1. The maximum atomic E-state index is 13.5. The van der Waals surface area contributed by atoms with Crippen molar-refractivity contribution in [3.05, 3.63) is 53.6 Å². The molecule has 2 amide bonds. The number of piperazine rings is 1. The van der Waals surface area contributed by atoms with E-state index >= 15 is 0 Å². The van der Waals surface area contributed by atoms with E-state index in [0.29, 0.717) is 24.5 Å². The zero-order chi connectivity index (χ0) is 24.0. The van der Waals surface area contributed by atoms with Crippen LogP contribution < -0.4 is 11.1 Å². The van der Waals surface area contributed by atoms with E-state index < -0.39 is 6.04 Å². The lowest BCUT2D eigenvalue weighted by molar-refractivity contribution is -0.139. The molecule has 184 valence electrons. The zero-order valence-corrected chi connectivity index (χ0v) is 20.4. The Bertz CT molecular complexity index is 935. The summed E-state index contributed by atoms with van der Waals surface area (Å²) in [6.45, 7) is 3.76. The molecule has 1 aromatic heterocycles. The molecule has 4 rings (SSSR count). The smallest absolute Gasteiger partial charge is 0.245 e. The van der Waals surface area contributed by atoms with Gasteiger partial charge in [0.15, 0.2) is 0 Å². The van der Waals surface area contributed by atoms with Crippen LogP contribution in [-0.2, 0) is 22.6 Å². The van der Waals surface area contributed by atoms with E-state index in [0.717, 1.165) is 25.2 Å². The van der Waals surface area contributed by atoms with Crippen molar-refractivity contribution in [3.8, 4) is 0 Å². The summed E-state index contributed by atoms with van der Waals surface area (Å²) >= 11 is 6.00. The van der Waals surface area contributed by atoms with Crippen LogP contribution >= 0.6 is 11.6 Å². The number of halogens is 1. The van der Waals surface area contributed by atoms with Gasteiger partial charge in [-0.15, -0.1) is 0 Å². The van der Waals surface area contributed by atoms with Gasteiger partial charge in [-0.2, -0.15) is 0 Å². The lowest BCUT2D eigenvalue weighted by Gasteiger charge is -2.50. The minimum atomic E-state index is -0.640. The second-order valence-electron chi connectivity index (χ2n) is 9.49. The summed E-state index contributed by atoms with van der Waals surface area (Å²) in [6.07, 6.45) is 12.3. The first kappa shape index (κ1) is 24.7. The zero-order valence-electron chi connectivity index (χ0n) is 19.7. The molecule has 1 aliphatic heterocycles. The fourth-order valence-corrected chi connectivity index (χ4v) is 5.56. The van der Waals surface area contributed by atoms with Crippen LogP contribution in [0.2, 0.25) is 5.02 Å². The van der Waals surface area contributed by atoms with E-state index in [1.54, 1.807) is 12.1 Å². The topological polar surface area (TPSA) is 96.5 Å². The number of hydrogen-bond acceptors (Lipinski definition) is 5. The third kappa shape index (κ3) is 5.98. The number of nitrogens with two attached hydrogens (primary N) is 1. The average molecular weight is 487 g/mol. The highest BCUT2D eigenvalue weighted by Crippen LogP contribution is 2.36. The number of nitrogens with one attached hydrogen (secondary N) is 1. The lowest BCUT2D eigenvalue weighted by Crippen LogP contribution is -2.62. The molecule has 2 aromatic rings. The lowest BCUT2D eigenvalue weighted by atomic mass is 9.79. The van der Waals surface area contributed by atoms with Crippen LogP contribution in [0.3, 0.4) is 0 Å². The number of nitrogens with zero attached hydrogens (tertiary/aromatic N) is 4. The third-order valence-corrected chi connectivity index (χ3v) is 7.51. The number of aromatic nitrogens is 2. The SMILES string of the molecule is NCC(=O)NC(Cc1ccc(Cl)cc1)C(=O)N1CCN(C2(Cn3ccnc3)CCCCC2)CC1. The van der Waals surface area contributed by atoms with Gasteiger partial charge >= 0.3 is 0 Å². The maximum Gasteiger partial charge on any atom is 0.245 e. The number of hydrogen-bond donors (Lipinski definition) is 2. The van der Waals surface area contributed by atoms with Crippen LogP contribution in [0.5, 0.6) is 0 Å². The van der Waals surface area contributed by atoms with Crippen molar-refractivity contribution >= 4 is 23.4 Å². The van der Waals surface area contributed by atoms with Crippen LogP contribution in [0.15, 0.2) is 43.0 Å². The number of benzene rings is 1. The van der Waals surface area contributed by atoms with Crippen LogP contribution in [0.4, 0.5) is 0 Å². The predicted molar refractivity (Wildman–Crippen MR) is 132 cm³/mol. The molecule has 0 spiro atoms. The van der Waals surface area contributed by atoms with Gasteiger partial charge in [0.2, 0.25) is 11.8 Å². The molecule has 34 heavy (non-hydrogen) atoms. The maximum absolute atomic E-state index is 13.5. The van der Waals surface area contributed by atoms with Crippen LogP contribution in [-0.4, -0.2) is 75.5 Å². The van der Waals surface area contributed by atoms with Gasteiger partial charge in [-0.25, -0.2) is 4.98 Å². The van der Waals surface area contributed by atoms with Crippen LogP contribution in [0, 0.1) is 0 Å². The highest BCUT2D eigenvalue weighted by atomic mass is 35.5. The molecular formula is C25H35ClN6O2. The van der Waals surface area contributed by atoms with Gasteiger partial charge in [0.1, 0.15) is 6.04 Å². The number of amides is 2. The van der Waals surface area contributed by atoms with E-state index in [4.69, 9.17) is 17.3 Å². The standard InChI is InChI=1S/C25H35ClN6O2/c26-21-6-4-20(5-7-21)16-22(29-23(33)17-27)24(34)31-12-14-32(15-13-31)25(8-2-1-3-9-25)18-30-11-10-28-19-30/h4-7,10-11,19,22H,1-3,8-9,12-18,27H2,(H,29,33). The van der Waals surface area contributed by atoms with Crippen molar-refractivity contribution in [1.82, 2.24) is 24.7 Å². The number of carbonyl (C=O) groups excluding carboxylic acids is 2. The Morgan fingerprint density at radius 2 is 1.79 bits per heavy atom. The molecule has 1 saturated carbocycles. The van der Waals surface area contributed by atoms with Gasteiger partial charge < -0.3 is 20.5 Å². The van der Waals surface area contributed by atoms with Crippen molar-refractivity contribution < 1.29 is 9.59 Å². The van der Waals surface area contributed by atoms with Crippen LogP contribution in [0.1, 0.15) is 37.7 Å². The molecular weight excluding hydrogens is 452 g/mol. The fourth-order valence-electron chi connectivity index (χ4n) is 5.44. The molecule has 1 atom stereocenters. The third-order valence-electron chi connectivity index (χ3n) is 7.25. The minimum absolute atomic E-state index is 0.0521. The summed E-state index contributed by atoms with van der Waals surface area (Å²) in [6, 6.07) is 6.73. The summed E-state index contributed by atoms with van der Waals surface area (Å²) in [5.41, 5.74) is 6.58. The highest BCUT2D eigenvalue weighted by molar-refractivity contribution is 6.30. The van der Waals surface area contributed by atoms with Gasteiger partial charge in [0.25, 0.3) is 0 Å². The molecule has 1 aromatic carbocycles. The molecule has 2 fully saturated rings. The van der Waals surface area contributed by atoms with E-state index in [-0.39, 0.29) is 23.9 Å². The minimum Gasteiger partial charge on any atom is -0.343 e. The fraction of sp³-hybridized carbons (Fsp3) is 0.560. The molecule has 8 nitrogen and oxygen atoms in total. The second kappa shape index (κ2) is 11.3. The average Bonchev–Trinajstić information content (AvgIpc) is 3.38. The molecule has 9 heteroatoms. The predicted octanol–water partition coefficient (Wildman–Crippen LogP) is 2.07. The quantitative estimate of drug-likeness (QED) is 0.595. The van der Waals surface area contributed by atoms with Crippen molar-refractivity contribution in [2.24, 2.45) is 5.73 Å². The largest absolute Gasteiger partial charge is 0.343 e. The Morgan fingerprint density at radius 1 is 1.09 bits per heavy atom. The second-order valence-corrected chi connectivity index (χ2v) is 9.92. The first-order valence-corrected chi connectivity index (χ1v) is 12.6. The van der Waals surface area contributed by atoms with Gasteiger partial charge in [-0.05, 0) is 30.5 Å². The first-order valence-electron chi connectivity index (χ1n) is 12.2. The molecule has 1 unspecified atom stereocenters. The van der Waals surface area contributed by atoms with Crippen molar-refractivity contribution in [1.29, 1.82) is 0 Å². The van der Waals surface area contributed by atoms with Gasteiger partial charge in [0, 0.05) is 62.1 Å². The van der Waals surface area contributed by atoms with E-state index in [9.17, 15) is 9.59 Å². The van der Waals surface area contributed by atoms with Crippen molar-refractivity contribution in [2.45, 2.75) is 56.7 Å². The normalized spacial score (nSPS) is 19.5. The first-order chi connectivity index (χ1) is 16.5. The van der Waals surface area contributed by atoms with E-state index in [2.05, 4.69) is 19.8 Å². The molecule has 1 aliphatic carbocycles. The molecule has 3 N–H and O–H groups in total. The molecule has 2 aliphatic rings. The Morgan fingerprint density at radius 3 is 2.41 bits per heavy atom. The number of carbonyl (C=O) groups is 2. The van der Waals surface area contributed by atoms with Gasteiger partial charge in [-0.1, -0.05) is 43.0 Å². The Kier molecular flexibility index (Phi) is 8.24. The number of rotatable bonds is 8. The van der Waals surface area contributed by atoms with Gasteiger partial charge in [0.05, 0.1) is 12.9 Å².